The highest BCUT2D eigenvalue weighted by Crippen LogP contribution is 2.28. The summed E-state index contributed by atoms with van der Waals surface area (Å²) in [4.78, 5) is 23.8. The number of rotatable bonds is 9. The molecular formula is C14H25FO7S. The van der Waals surface area contributed by atoms with Gasteiger partial charge in [0, 0.05) is 0 Å². The number of alkyl halides is 1. The van der Waals surface area contributed by atoms with Crippen LogP contribution in [0.15, 0.2) is 0 Å². The van der Waals surface area contributed by atoms with Crippen LogP contribution >= 0.6 is 0 Å². The molecule has 0 radical (unpaired) electrons. The van der Waals surface area contributed by atoms with Gasteiger partial charge in [0.2, 0.25) is 5.67 Å². The van der Waals surface area contributed by atoms with E-state index in [1.165, 1.54) is 0 Å². The molecule has 0 spiro atoms. The summed E-state index contributed by atoms with van der Waals surface area (Å²) >= 11 is 0. The number of hydrogen-bond acceptors (Lipinski definition) is 6. The second-order valence-electron chi connectivity index (χ2n) is 6.04. The van der Waals surface area contributed by atoms with Crippen molar-refractivity contribution in [3.8, 4) is 0 Å². The number of carbonyl (C=O) groups excluding carboxylic acids is 2. The quantitative estimate of drug-likeness (QED) is 0.496. The molecule has 2 unspecified atom stereocenters. The van der Waals surface area contributed by atoms with Crippen LogP contribution in [0.25, 0.3) is 0 Å². The van der Waals surface area contributed by atoms with E-state index in [1.807, 2.05) is 0 Å². The Kier molecular flexibility index (Phi) is 7.62. The van der Waals surface area contributed by atoms with Gasteiger partial charge in [0.15, 0.2) is 0 Å². The topological polar surface area (TPSA) is 107 Å². The minimum Gasteiger partial charge on any atom is -0.462 e. The Morgan fingerprint density at radius 2 is 1.70 bits per heavy atom. The fourth-order valence-electron chi connectivity index (χ4n) is 1.52. The molecule has 0 rings (SSSR count). The molecule has 0 aliphatic heterocycles. The van der Waals surface area contributed by atoms with E-state index in [-0.39, 0.29) is 6.42 Å². The van der Waals surface area contributed by atoms with Crippen molar-refractivity contribution in [1.29, 1.82) is 0 Å². The average molecular weight is 356 g/mol. The Morgan fingerprint density at radius 3 is 2.09 bits per heavy atom. The van der Waals surface area contributed by atoms with Crippen molar-refractivity contribution < 1.29 is 36.4 Å². The summed E-state index contributed by atoms with van der Waals surface area (Å²) in [6.07, 6.45) is -0.852. The monoisotopic (exact) mass is 356 g/mol. The summed E-state index contributed by atoms with van der Waals surface area (Å²) in [6, 6.07) is 0. The van der Waals surface area contributed by atoms with Gasteiger partial charge in [-0.2, -0.15) is 8.42 Å². The number of hydrogen-bond donors (Lipinski definition) is 1. The number of ether oxygens (including phenoxy) is 2. The third-order valence-electron chi connectivity index (χ3n) is 3.63. The van der Waals surface area contributed by atoms with Gasteiger partial charge in [0.25, 0.3) is 10.1 Å². The summed E-state index contributed by atoms with van der Waals surface area (Å²) in [6.45, 7) is 6.82. The molecule has 0 aliphatic rings. The van der Waals surface area contributed by atoms with Crippen molar-refractivity contribution in [3.05, 3.63) is 0 Å². The first-order chi connectivity index (χ1) is 10.3. The molecule has 136 valence electrons. The molecule has 2 atom stereocenters. The van der Waals surface area contributed by atoms with E-state index in [2.05, 4.69) is 4.74 Å². The zero-order chi connectivity index (χ0) is 18.5. The second-order valence-corrected chi connectivity index (χ2v) is 7.61. The molecular weight excluding hydrogens is 331 g/mol. The highest BCUT2D eigenvalue weighted by Gasteiger charge is 2.46. The molecule has 0 aromatic rings. The maximum atomic E-state index is 14.7. The van der Waals surface area contributed by atoms with Crippen molar-refractivity contribution in [2.75, 3.05) is 12.4 Å². The van der Waals surface area contributed by atoms with Crippen LogP contribution in [0, 0.1) is 5.41 Å². The van der Waals surface area contributed by atoms with Gasteiger partial charge < -0.3 is 9.47 Å². The zero-order valence-corrected chi connectivity index (χ0v) is 14.9. The molecule has 0 heterocycles. The van der Waals surface area contributed by atoms with Crippen molar-refractivity contribution in [3.63, 3.8) is 0 Å². The lowest BCUT2D eigenvalue weighted by molar-refractivity contribution is -0.179. The van der Waals surface area contributed by atoms with Crippen LogP contribution in [0.1, 0.15) is 47.5 Å². The zero-order valence-electron chi connectivity index (χ0n) is 14.1. The van der Waals surface area contributed by atoms with Crippen LogP contribution in [-0.2, 0) is 29.2 Å². The van der Waals surface area contributed by atoms with Crippen molar-refractivity contribution in [1.82, 2.24) is 0 Å². The van der Waals surface area contributed by atoms with Gasteiger partial charge in [-0.15, -0.1) is 0 Å². The van der Waals surface area contributed by atoms with Gasteiger partial charge in [-0.1, -0.05) is 13.8 Å². The van der Waals surface area contributed by atoms with E-state index in [0.717, 1.165) is 6.92 Å². The largest absolute Gasteiger partial charge is 0.462 e. The van der Waals surface area contributed by atoms with E-state index in [4.69, 9.17) is 9.29 Å². The Balaban J connectivity index is 4.91. The lowest BCUT2D eigenvalue weighted by atomic mass is 9.90. The molecule has 0 aromatic carbocycles. The van der Waals surface area contributed by atoms with E-state index in [9.17, 15) is 22.4 Å². The van der Waals surface area contributed by atoms with Crippen LogP contribution in [0.2, 0.25) is 0 Å². The van der Waals surface area contributed by atoms with Gasteiger partial charge in [-0.25, -0.2) is 9.18 Å². The van der Waals surface area contributed by atoms with Gasteiger partial charge >= 0.3 is 11.9 Å². The molecule has 0 bridgehead atoms. The van der Waals surface area contributed by atoms with Crippen molar-refractivity contribution >= 4 is 22.1 Å². The van der Waals surface area contributed by atoms with Gasteiger partial charge in [0.1, 0.15) is 18.5 Å². The molecule has 0 saturated carbocycles. The molecule has 0 aliphatic carbocycles. The Hall–Kier alpha value is -1.22. The van der Waals surface area contributed by atoms with Crippen LogP contribution in [0.3, 0.4) is 0 Å². The van der Waals surface area contributed by atoms with Gasteiger partial charge in [-0.05, 0) is 33.6 Å². The van der Waals surface area contributed by atoms with E-state index >= 15 is 0 Å². The summed E-state index contributed by atoms with van der Waals surface area (Å²) < 4.78 is 53.9. The van der Waals surface area contributed by atoms with E-state index in [0.29, 0.717) is 6.42 Å². The summed E-state index contributed by atoms with van der Waals surface area (Å²) in [5.41, 5.74) is -3.45. The molecule has 0 amide bonds. The first-order valence-corrected chi connectivity index (χ1v) is 8.91. The molecule has 1 N–H and O–H groups in total. The predicted molar refractivity (Wildman–Crippen MR) is 81.1 cm³/mol. The molecule has 9 heteroatoms. The third kappa shape index (κ3) is 6.82. The highest BCUT2D eigenvalue weighted by molar-refractivity contribution is 7.85. The molecule has 0 fully saturated rings. The summed E-state index contributed by atoms with van der Waals surface area (Å²) in [5, 5.41) is 0. The number of halogens is 1. The van der Waals surface area contributed by atoms with Crippen LogP contribution in [-0.4, -0.2) is 49.0 Å². The van der Waals surface area contributed by atoms with Crippen LogP contribution in [0.4, 0.5) is 4.39 Å². The predicted octanol–water partition coefficient (Wildman–Crippen LogP) is 1.90. The molecule has 0 saturated heterocycles. The highest BCUT2D eigenvalue weighted by atomic mass is 32.2. The number of carbonyl (C=O) groups is 2. The summed E-state index contributed by atoms with van der Waals surface area (Å²) in [5.74, 6) is -2.83. The lowest BCUT2D eigenvalue weighted by Crippen LogP contribution is -2.47. The van der Waals surface area contributed by atoms with E-state index in [1.54, 1.807) is 27.7 Å². The smallest absolute Gasteiger partial charge is 0.347 e. The first kappa shape index (κ1) is 21.8. The fraction of sp³-hybridized carbons (Fsp3) is 0.857. The van der Waals surface area contributed by atoms with Gasteiger partial charge in [0.05, 0.1) is 5.41 Å². The van der Waals surface area contributed by atoms with Crippen molar-refractivity contribution in [2.45, 2.75) is 59.2 Å². The SMILES string of the molecule is CCC(OC(=O)C(C)(C)CC)C(C)(F)C(=O)OCCS(=O)(=O)O. The maximum absolute atomic E-state index is 14.7. The first-order valence-electron chi connectivity index (χ1n) is 7.30. The Bertz CT molecular complexity index is 525. The average Bonchev–Trinajstić information content (AvgIpc) is 2.42. The maximum Gasteiger partial charge on any atom is 0.347 e. The standard InChI is InChI=1S/C14H25FO7S/c1-6-10(22-11(16)13(3,4)7-2)14(5,15)12(17)21-8-9-23(18,19)20/h10H,6-9H2,1-5H3,(H,18,19,20). The Labute approximate surface area is 136 Å². The third-order valence-corrected chi connectivity index (χ3v) is 4.32. The Morgan fingerprint density at radius 1 is 1.17 bits per heavy atom. The van der Waals surface area contributed by atoms with Crippen LogP contribution < -0.4 is 0 Å². The molecule has 7 nitrogen and oxygen atoms in total. The number of esters is 2. The van der Waals surface area contributed by atoms with Gasteiger partial charge in [-0.3, -0.25) is 9.35 Å². The minimum absolute atomic E-state index is 0.0337. The second kappa shape index (κ2) is 8.05. The normalized spacial score (nSPS) is 16.3. The minimum atomic E-state index is -4.32. The summed E-state index contributed by atoms with van der Waals surface area (Å²) in [7, 11) is -4.32. The lowest BCUT2D eigenvalue weighted by Gasteiger charge is -2.30. The molecule has 23 heavy (non-hydrogen) atoms. The van der Waals surface area contributed by atoms with Crippen molar-refractivity contribution in [2.24, 2.45) is 5.41 Å². The molecule has 0 aromatic heterocycles. The fourth-order valence-corrected chi connectivity index (χ4v) is 1.82. The van der Waals surface area contributed by atoms with E-state index < -0.39 is 51.6 Å². The van der Waals surface area contributed by atoms with Crippen LogP contribution in [0.5, 0.6) is 0 Å².